The van der Waals surface area contributed by atoms with Crippen LogP contribution in [0.15, 0.2) is 35.4 Å². The highest BCUT2D eigenvalue weighted by molar-refractivity contribution is 7.90. The van der Waals surface area contributed by atoms with Crippen molar-refractivity contribution in [2.75, 3.05) is 0 Å². The summed E-state index contributed by atoms with van der Waals surface area (Å²) in [5.74, 6) is -1.43. The topological polar surface area (TPSA) is 64.2 Å². The van der Waals surface area contributed by atoms with Crippen molar-refractivity contribution in [3.8, 4) is 0 Å². The van der Waals surface area contributed by atoms with Crippen LogP contribution in [0, 0.1) is 5.92 Å². The van der Waals surface area contributed by atoms with Gasteiger partial charge < -0.3 is 9.87 Å². The first-order valence-corrected chi connectivity index (χ1v) is 9.22. The van der Waals surface area contributed by atoms with Crippen LogP contribution in [0.3, 0.4) is 0 Å². The first-order valence-electron chi connectivity index (χ1n) is 8.07. The molecule has 0 heterocycles. The Kier molecular flexibility index (Phi) is 6.09. The summed E-state index contributed by atoms with van der Waals surface area (Å²) in [6, 6.07) is 0. The van der Waals surface area contributed by atoms with E-state index >= 15 is 0 Å². The molecule has 2 N–H and O–H groups in total. The lowest BCUT2D eigenvalue weighted by Crippen LogP contribution is -2.40. The lowest BCUT2D eigenvalue weighted by Gasteiger charge is -2.28. The van der Waals surface area contributed by atoms with Gasteiger partial charge in [-0.2, -0.15) is 0 Å². The SMILES string of the molecule is CC(C)(C)[S+]([O-])NC1=CCC(C(=O)NC2=C(F)C=CC[C@@H]2F)CC1. The number of hydrogen-bond acceptors (Lipinski definition) is 3. The third kappa shape index (κ3) is 4.83. The molecule has 1 amide bonds. The molecule has 2 rings (SSSR count). The fraction of sp³-hybridized carbons (Fsp3) is 0.588. The Morgan fingerprint density at radius 3 is 2.62 bits per heavy atom. The zero-order valence-corrected chi connectivity index (χ0v) is 15.0. The Morgan fingerprint density at radius 2 is 2.08 bits per heavy atom. The van der Waals surface area contributed by atoms with Crippen molar-refractivity contribution in [1.29, 1.82) is 0 Å². The van der Waals surface area contributed by atoms with E-state index in [-0.39, 0.29) is 28.7 Å². The largest absolute Gasteiger partial charge is 0.593 e. The van der Waals surface area contributed by atoms with Crippen molar-refractivity contribution in [2.24, 2.45) is 5.92 Å². The Morgan fingerprint density at radius 1 is 1.38 bits per heavy atom. The maximum Gasteiger partial charge on any atom is 0.227 e. The second kappa shape index (κ2) is 7.70. The molecule has 0 aromatic carbocycles. The minimum Gasteiger partial charge on any atom is -0.593 e. The average Bonchev–Trinajstić information content (AvgIpc) is 2.50. The van der Waals surface area contributed by atoms with E-state index in [1.807, 2.05) is 26.8 Å². The molecule has 2 unspecified atom stereocenters. The van der Waals surface area contributed by atoms with Gasteiger partial charge in [-0.15, -0.1) is 0 Å². The normalized spacial score (nSPS) is 26.0. The fourth-order valence-electron chi connectivity index (χ4n) is 2.46. The molecule has 0 aliphatic heterocycles. The lowest BCUT2D eigenvalue weighted by atomic mass is 9.91. The molecule has 0 saturated carbocycles. The van der Waals surface area contributed by atoms with Crippen LogP contribution in [0.5, 0.6) is 0 Å². The number of carbonyl (C=O) groups excluding carboxylic acids is 1. The van der Waals surface area contributed by atoms with E-state index in [0.717, 1.165) is 5.70 Å². The zero-order chi connectivity index (χ0) is 17.9. The van der Waals surface area contributed by atoms with Gasteiger partial charge in [-0.25, -0.2) is 13.5 Å². The highest BCUT2D eigenvalue weighted by Gasteiger charge is 2.30. The van der Waals surface area contributed by atoms with E-state index in [1.54, 1.807) is 0 Å². The summed E-state index contributed by atoms with van der Waals surface area (Å²) < 4.78 is 42.0. The molecule has 2 aliphatic rings. The zero-order valence-electron chi connectivity index (χ0n) is 14.2. The summed E-state index contributed by atoms with van der Waals surface area (Å²) in [5.41, 5.74) is 0.575. The number of halogens is 2. The molecule has 7 heteroatoms. The summed E-state index contributed by atoms with van der Waals surface area (Å²) >= 11 is -1.21. The number of allylic oxidation sites excluding steroid dienone is 6. The third-order valence-electron chi connectivity index (χ3n) is 4.00. The van der Waals surface area contributed by atoms with Crippen molar-refractivity contribution in [2.45, 2.75) is 57.4 Å². The van der Waals surface area contributed by atoms with Gasteiger partial charge in [-0.1, -0.05) is 12.2 Å². The van der Waals surface area contributed by atoms with E-state index in [0.29, 0.717) is 19.3 Å². The fourth-order valence-corrected chi connectivity index (χ4v) is 3.19. The maximum atomic E-state index is 13.7. The van der Waals surface area contributed by atoms with Crippen LogP contribution in [-0.2, 0) is 16.2 Å². The van der Waals surface area contributed by atoms with Gasteiger partial charge in [-0.3, -0.25) is 4.79 Å². The molecular weight excluding hydrogens is 334 g/mol. The lowest BCUT2D eigenvalue weighted by molar-refractivity contribution is -0.124. The van der Waals surface area contributed by atoms with Crippen LogP contribution in [0.2, 0.25) is 0 Å². The van der Waals surface area contributed by atoms with E-state index in [4.69, 9.17) is 0 Å². The van der Waals surface area contributed by atoms with E-state index in [9.17, 15) is 18.1 Å². The van der Waals surface area contributed by atoms with Crippen molar-refractivity contribution < 1.29 is 18.1 Å². The Hall–Kier alpha value is -1.34. The molecule has 0 saturated heterocycles. The van der Waals surface area contributed by atoms with Crippen LogP contribution in [0.1, 0.15) is 46.5 Å². The predicted molar refractivity (Wildman–Crippen MR) is 91.4 cm³/mol. The Balaban J connectivity index is 1.92. The first kappa shape index (κ1) is 19.0. The standard InChI is InChI=1S/C17H24F2N2O2S/c1-17(2,3)24(23)21-12-9-7-11(8-10-12)16(22)20-15-13(18)5-4-6-14(15)19/h4-5,9,11,14,21H,6-8,10H2,1-3H3,(H,20,22)/t11?,14-,24?/m0/s1. The van der Waals surface area contributed by atoms with Crippen LogP contribution in [-0.4, -0.2) is 21.4 Å². The molecule has 0 radical (unpaired) electrons. The molecule has 4 nitrogen and oxygen atoms in total. The summed E-state index contributed by atoms with van der Waals surface area (Å²) in [6.45, 7) is 5.64. The Labute approximate surface area is 144 Å². The number of nitrogens with one attached hydrogen (secondary N) is 2. The van der Waals surface area contributed by atoms with E-state index in [1.165, 1.54) is 12.2 Å². The van der Waals surface area contributed by atoms with Crippen molar-refractivity contribution >= 4 is 17.3 Å². The van der Waals surface area contributed by atoms with Crippen LogP contribution >= 0.6 is 0 Å². The summed E-state index contributed by atoms with van der Waals surface area (Å²) in [6.07, 6.45) is 4.58. The number of alkyl halides is 1. The molecule has 0 aromatic heterocycles. The Bertz CT molecular complexity index is 582. The van der Waals surface area contributed by atoms with Gasteiger partial charge in [0.15, 0.2) is 0 Å². The summed E-state index contributed by atoms with van der Waals surface area (Å²) in [5, 5.41) is 2.40. The second-order valence-corrected chi connectivity index (χ2v) is 9.01. The summed E-state index contributed by atoms with van der Waals surface area (Å²) in [7, 11) is 0. The van der Waals surface area contributed by atoms with Gasteiger partial charge in [-0.05, 0) is 46.1 Å². The molecule has 0 spiro atoms. The quantitative estimate of drug-likeness (QED) is 0.758. The molecule has 24 heavy (non-hydrogen) atoms. The van der Waals surface area contributed by atoms with Gasteiger partial charge in [0.1, 0.15) is 16.7 Å². The number of rotatable bonds is 4. The van der Waals surface area contributed by atoms with Gasteiger partial charge >= 0.3 is 0 Å². The number of hydrogen-bond donors (Lipinski definition) is 2. The average molecular weight is 358 g/mol. The van der Waals surface area contributed by atoms with Gasteiger partial charge in [0.25, 0.3) is 0 Å². The predicted octanol–water partition coefficient (Wildman–Crippen LogP) is 3.32. The van der Waals surface area contributed by atoms with Gasteiger partial charge in [0.2, 0.25) is 5.91 Å². The van der Waals surface area contributed by atoms with Crippen molar-refractivity contribution in [3.63, 3.8) is 0 Å². The van der Waals surface area contributed by atoms with Crippen LogP contribution < -0.4 is 10.0 Å². The summed E-state index contributed by atoms with van der Waals surface area (Å²) in [4.78, 5) is 12.2. The highest BCUT2D eigenvalue weighted by Crippen LogP contribution is 2.26. The van der Waals surface area contributed by atoms with Crippen LogP contribution in [0.4, 0.5) is 8.78 Å². The maximum absolute atomic E-state index is 13.7. The minimum absolute atomic E-state index is 0.0697. The van der Waals surface area contributed by atoms with Crippen molar-refractivity contribution in [3.05, 3.63) is 35.4 Å². The highest BCUT2D eigenvalue weighted by atomic mass is 32.2. The minimum atomic E-state index is -1.51. The van der Waals surface area contributed by atoms with Crippen molar-refractivity contribution in [1.82, 2.24) is 10.0 Å². The molecular formula is C17H24F2N2O2S. The van der Waals surface area contributed by atoms with E-state index < -0.39 is 23.4 Å². The molecule has 3 atom stereocenters. The monoisotopic (exact) mass is 358 g/mol. The third-order valence-corrected chi connectivity index (χ3v) is 5.56. The van der Waals surface area contributed by atoms with Crippen LogP contribution in [0.25, 0.3) is 0 Å². The second-order valence-electron chi connectivity index (χ2n) is 7.04. The molecule has 134 valence electrons. The molecule has 0 aromatic rings. The van der Waals surface area contributed by atoms with Gasteiger partial charge in [0.05, 0.1) is 22.8 Å². The first-order chi connectivity index (χ1) is 11.2. The molecule has 0 bridgehead atoms. The number of carbonyl (C=O) groups is 1. The number of amides is 1. The van der Waals surface area contributed by atoms with E-state index in [2.05, 4.69) is 10.0 Å². The molecule has 2 aliphatic carbocycles. The smallest absolute Gasteiger partial charge is 0.227 e. The molecule has 0 fully saturated rings. The van der Waals surface area contributed by atoms with Gasteiger partial charge in [0, 0.05) is 12.3 Å².